The Balaban J connectivity index is 1.87. The Morgan fingerprint density at radius 3 is 2.33 bits per heavy atom. The van der Waals surface area contributed by atoms with Gasteiger partial charge in [0, 0.05) is 29.1 Å². The average Bonchev–Trinajstić information content (AvgIpc) is 2.92. The number of carbonyl (C=O) groups excluding carboxylic acids is 2. The molecule has 232 valence electrons. The molecular weight excluding hydrogens is 566 g/mol. The number of hydrogen-bond acceptors (Lipinski definition) is 9. The smallest absolute Gasteiger partial charge is 0.407 e. The number of nitrogens with zero attached hydrogens (tertiary/aromatic N) is 3. The van der Waals surface area contributed by atoms with E-state index < -0.39 is 11.7 Å². The first-order valence-electron chi connectivity index (χ1n) is 14.2. The number of hydroxylamine groups is 2. The summed E-state index contributed by atoms with van der Waals surface area (Å²) < 4.78 is 14.9. The van der Waals surface area contributed by atoms with Crippen molar-refractivity contribution in [1.82, 2.24) is 20.3 Å². The SMILES string of the molecule is CON(C)C(=O)c1cccc(SNc2nc(OCC(CC(C)C)NC(=O)OC(C)(C)C)cc(-c3c(C)cccc3C)n2)c1. The van der Waals surface area contributed by atoms with E-state index in [2.05, 4.69) is 28.9 Å². The summed E-state index contributed by atoms with van der Waals surface area (Å²) in [5, 5.41) is 4.11. The number of anilines is 1. The number of alkyl carbamates (subject to hydrolysis) is 1. The van der Waals surface area contributed by atoms with Crippen LogP contribution in [0.1, 0.15) is 62.5 Å². The number of benzene rings is 2. The van der Waals surface area contributed by atoms with Crippen LogP contribution in [0.25, 0.3) is 11.3 Å². The molecule has 3 rings (SSSR count). The molecule has 10 nitrogen and oxygen atoms in total. The lowest BCUT2D eigenvalue weighted by Gasteiger charge is -2.24. The number of aryl methyl sites for hydroxylation is 2. The fraction of sp³-hybridized carbons (Fsp3) is 0.438. The molecule has 2 aromatic carbocycles. The standard InChI is InChI=1S/C32H43N5O5S/c1-20(2)16-24(33-31(39)42-32(5,6)7)19-41-27-18-26(28-21(3)12-10-13-22(28)4)34-30(35-27)36-43-25-15-11-14-23(17-25)29(38)37(8)40-9/h10-15,17-18,20,24H,16,19H2,1-9H3,(H,33,39)(H,34,35,36). The number of hydrogen-bond donors (Lipinski definition) is 2. The Labute approximate surface area is 259 Å². The van der Waals surface area contributed by atoms with E-state index in [1.807, 2.05) is 65.0 Å². The molecule has 0 radical (unpaired) electrons. The van der Waals surface area contributed by atoms with Crippen molar-refractivity contribution in [2.75, 3.05) is 25.5 Å². The number of nitrogens with one attached hydrogen (secondary N) is 2. The quantitative estimate of drug-likeness (QED) is 0.168. The van der Waals surface area contributed by atoms with Gasteiger partial charge in [0.05, 0.1) is 18.8 Å². The fourth-order valence-electron chi connectivity index (χ4n) is 4.35. The van der Waals surface area contributed by atoms with Gasteiger partial charge in [0.2, 0.25) is 11.8 Å². The van der Waals surface area contributed by atoms with Gasteiger partial charge in [-0.05, 0) is 88.2 Å². The highest BCUT2D eigenvalue weighted by atomic mass is 32.2. The number of aromatic nitrogens is 2. The summed E-state index contributed by atoms with van der Waals surface area (Å²) in [6.07, 6.45) is 0.208. The van der Waals surface area contributed by atoms with Gasteiger partial charge in [0.1, 0.15) is 12.2 Å². The van der Waals surface area contributed by atoms with Crippen LogP contribution in [0.2, 0.25) is 0 Å². The zero-order valence-electron chi connectivity index (χ0n) is 26.5. The molecule has 0 aliphatic heterocycles. The lowest BCUT2D eigenvalue weighted by molar-refractivity contribution is -0.0757. The molecule has 1 atom stereocenters. The minimum absolute atomic E-state index is 0.199. The molecule has 2 N–H and O–H groups in total. The van der Waals surface area contributed by atoms with Gasteiger partial charge in [-0.15, -0.1) is 0 Å². The maximum absolute atomic E-state index is 12.5. The van der Waals surface area contributed by atoms with Gasteiger partial charge in [-0.1, -0.05) is 38.1 Å². The summed E-state index contributed by atoms with van der Waals surface area (Å²) in [5.41, 5.74) is 3.71. The molecule has 0 aliphatic rings. The summed E-state index contributed by atoms with van der Waals surface area (Å²) in [7, 11) is 3.00. The highest BCUT2D eigenvalue weighted by molar-refractivity contribution is 8.00. The summed E-state index contributed by atoms with van der Waals surface area (Å²) >= 11 is 1.28. The van der Waals surface area contributed by atoms with Crippen molar-refractivity contribution in [3.05, 3.63) is 65.2 Å². The molecule has 2 amide bonds. The van der Waals surface area contributed by atoms with Crippen LogP contribution in [-0.2, 0) is 9.57 Å². The third-order valence-electron chi connectivity index (χ3n) is 6.25. The third kappa shape index (κ3) is 10.4. The third-order valence-corrected chi connectivity index (χ3v) is 7.02. The van der Waals surface area contributed by atoms with Crippen LogP contribution in [0, 0.1) is 19.8 Å². The molecule has 43 heavy (non-hydrogen) atoms. The van der Waals surface area contributed by atoms with Gasteiger partial charge in [-0.25, -0.2) is 14.8 Å². The van der Waals surface area contributed by atoms with Gasteiger partial charge >= 0.3 is 6.09 Å². The van der Waals surface area contributed by atoms with Crippen molar-refractivity contribution in [1.29, 1.82) is 0 Å². The molecule has 0 spiro atoms. The number of amides is 2. The van der Waals surface area contributed by atoms with Gasteiger partial charge in [-0.2, -0.15) is 4.98 Å². The van der Waals surface area contributed by atoms with Crippen LogP contribution in [0.3, 0.4) is 0 Å². The van der Waals surface area contributed by atoms with Crippen LogP contribution >= 0.6 is 11.9 Å². The van der Waals surface area contributed by atoms with E-state index in [9.17, 15) is 9.59 Å². The van der Waals surface area contributed by atoms with Crippen molar-refractivity contribution in [2.24, 2.45) is 5.92 Å². The largest absolute Gasteiger partial charge is 0.475 e. The van der Waals surface area contributed by atoms with Crippen molar-refractivity contribution >= 4 is 29.9 Å². The molecule has 1 aromatic heterocycles. The maximum atomic E-state index is 12.5. The molecule has 0 saturated heterocycles. The molecule has 0 aliphatic carbocycles. The zero-order chi connectivity index (χ0) is 31.7. The van der Waals surface area contributed by atoms with Gasteiger partial charge in [0.15, 0.2) is 0 Å². The van der Waals surface area contributed by atoms with Crippen molar-refractivity contribution in [2.45, 2.75) is 71.4 Å². The van der Waals surface area contributed by atoms with Gasteiger partial charge in [-0.3, -0.25) is 14.4 Å². The summed E-state index contributed by atoms with van der Waals surface area (Å²) in [6, 6.07) is 14.8. The molecular formula is C32H43N5O5S. The van der Waals surface area contributed by atoms with Crippen LogP contribution in [0.5, 0.6) is 5.88 Å². The number of ether oxygens (including phenoxy) is 2. The summed E-state index contributed by atoms with van der Waals surface area (Å²) in [4.78, 5) is 40.3. The van der Waals surface area contributed by atoms with E-state index >= 15 is 0 Å². The Bertz CT molecular complexity index is 1390. The molecule has 0 saturated carbocycles. The summed E-state index contributed by atoms with van der Waals surface area (Å²) in [6.45, 7) is 13.9. The van der Waals surface area contributed by atoms with Crippen molar-refractivity contribution < 1.29 is 23.9 Å². The Kier molecular flexibility index (Phi) is 11.8. The molecule has 3 aromatic rings. The first-order valence-corrected chi connectivity index (χ1v) is 15.0. The zero-order valence-corrected chi connectivity index (χ0v) is 27.3. The van der Waals surface area contributed by atoms with Gasteiger partial charge < -0.3 is 14.8 Å². The van der Waals surface area contributed by atoms with E-state index in [1.54, 1.807) is 25.2 Å². The Hall–Kier alpha value is -3.83. The van der Waals surface area contributed by atoms with Crippen LogP contribution in [0.4, 0.5) is 10.7 Å². The van der Waals surface area contributed by atoms with Crippen LogP contribution in [0.15, 0.2) is 53.4 Å². The monoisotopic (exact) mass is 609 g/mol. The van der Waals surface area contributed by atoms with E-state index in [0.29, 0.717) is 35.4 Å². The fourth-order valence-corrected chi connectivity index (χ4v) is 4.98. The lowest BCUT2D eigenvalue weighted by Crippen LogP contribution is -2.42. The molecule has 1 heterocycles. The highest BCUT2D eigenvalue weighted by Gasteiger charge is 2.22. The van der Waals surface area contributed by atoms with Gasteiger partial charge in [0.25, 0.3) is 5.91 Å². The van der Waals surface area contributed by atoms with E-state index in [1.165, 1.54) is 24.1 Å². The minimum Gasteiger partial charge on any atom is -0.475 e. The summed E-state index contributed by atoms with van der Waals surface area (Å²) in [5.74, 6) is 0.761. The van der Waals surface area contributed by atoms with E-state index in [-0.39, 0.29) is 18.6 Å². The molecule has 0 fully saturated rings. The predicted molar refractivity (Wildman–Crippen MR) is 170 cm³/mol. The number of carbonyl (C=O) groups is 2. The molecule has 1 unspecified atom stereocenters. The predicted octanol–water partition coefficient (Wildman–Crippen LogP) is 6.83. The normalized spacial score (nSPS) is 12.0. The first-order chi connectivity index (χ1) is 20.3. The molecule has 0 bridgehead atoms. The Morgan fingerprint density at radius 1 is 1.02 bits per heavy atom. The maximum Gasteiger partial charge on any atom is 0.407 e. The number of rotatable bonds is 12. The van der Waals surface area contributed by atoms with Crippen molar-refractivity contribution in [3.8, 4) is 17.1 Å². The topological polar surface area (TPSA) is 115 Å². The van der Waals surface area contributed by atoms with Crippen molar-refractivity contribution in [3.63, 3.8) is 0 Å². The second kappa shape index (κ2) is 15.1. The first kappa shape index (κ1) is 33.7. The Morgan fingerprint density at radius 2 is 1.70 bits per heavy atom. The molecule has 11 heteroatoms. The minimum atomic E-state index is -0.606. The van der Waals surface area contributed by atoms with Crippen LogP contribution < -0.4 is 14.8 Å². The highest BCUT2D eigenvalue weighted by Crippen LogP contribution is 2.30. The second-order valence-electron chi connectivity index (χ2n) is 11.7. The lowest BCUT2D eigenvalue weighted by atomic mass is 10.00. The van der Waals surface area contributed by atoms with Crippen LogP contribution in [-0.4, -0.2) is 59.4 Å². The second-order valence-corrected chi connectivity index (χ2v) is 12.6. The van der Waals surface area contributed by atoms with E-state index in [4.69, 9.17) is 19.3 Å². The van der Waals surface area contributed by atoms with E-state index in [0.717, 1.165) is 21.6 Å². The average molecular weight is 610 g/mol.